The zero-order chi connectivity index (χ0) is 16.8. The quantitative estimate of drug-likeness (QED) is 0.796. The molecule has 2 saturated heterocycles. The summed E-state index contributed by atoms with van der Waals surface area (Å²) in [6.45, 7) is 7.01. The Kier molecular flexibility index (Phi) is 3.82. The molecule has 0 aliphatic carbocycles. The lowest BCUT2D eigenvalue weighted by atomic mass is 10.00. The molecular weight excluding hydrogens is 303 g/mol. The zero-order valence-corrected chi connectivity index (χ0v) is 13.5. The van der Waals surface area contributed by atoms with Crippen molar-refractivity contribution in [2.45, 2.75) is 38.8 Å². The highest BCUT2D eigenvalue weighted by molar-refractivity contribution is 5.91. The summed E-state index contributed by atoms with van der Waals surface area (Å²) < 4.78 is 23.1. The second-order valence-corrected chi connectivity index (χ2v) is 7.20. The fourth-order valence-corrected chi connectivity index (χ4v) is 3.25. The molecule has 0 spiro atoms. The van der Waals surface area contributed by atoms with Crippen LogP contribution in [-0.2, 0) is 4.74 Å². The van der Waals surface area contributed by atoms with Crippen LogP contribution in [0.2, 0.25) is 0 Å². The normalized spacial score (nSPS) is 24.0. The molecule has 0 saturated carbocycles. The molecule has 23 heavy (non-hydrogen) atoms. The summed E-state index contributed by atoms with van der Waals surface area (Å²) in [7, 11) is 0. The molecule has 1 aromatic heterocycles. The van der Waals surface area contributed by atoms with Crippen LogP contribution in [0.25, 0.3) is 0 Å². The second kappa shape index (κ2) is 5.54. The van der Waals surface area contributed by atoms with Crippen molar-refractivity contribution < 1.29 is 23.1 Å². The van der Waals surface area contributed by atoms with Crippen LogP contribution in [0.1, 0.15) is 37.7 Å². The Morgan fingerprint density at radius 3 is 2.61 bits per heavy atom. The van der Waals surface area contributed by atoms with E-state index in [4.69, 9.17) is 9.15 Å². The molecule has 2 fully saturated rings. The molecule has 2 amide bonds. The number of rotatable bonds is 1. The average Bonchev–Trinajstić information content (AvgIpc) is 2.99. The lowest BCUT2D eigenvalue weighted by molar-refractivity contribution is 0.0205. The third-order valence-corrected chi connectivity index (χ3v) is 4.11. The van der Waals surface area contributed by atoms with E-state index in [0.717, 1.165) is 12.5 Å². The Hall–Kier alpha value is -2.05. The monoisotopic (exact) mass is 324 g/mol. The molecule has 3 heterocycles. The van der Waals surface area contributed by atoms with Crippen molar-refractivity contribution >= 4 is 12.0 Å². The van der Waals surface area contributed by atoms with Gasteiger partial charge in [-0.1, -0.05) is 0 Å². The highest BCUT2D eigenvalue weighted by atomic mass is 19.1. The van der Waals surface area contributed by atoms with Gasteiger partial charge in [-0.2, -0.15) is 4.39 Å². The van der Waals surface area contributed by atoms with Gasteiger partial charge in [-0.05, 0) is 39.2 Å². The van der Waals surface area contributed by atoms with Crippen LogP contribution in [0.5, 0.6) is 0 Å². The van der Waals surface area contributed by atoms with E-state index in [-0.39, 0.29) is 29.7 Å². The fourth-order valence-electron chi connectivity index (χ4n) is 3.25. The van der Waals surface area contributed by atoms with Gasteiger partial charge in [0.25, 0.3) is 11.9 Å². The Morgan fingerprint density at radius 2 is 2.00 bits per heavy atom. The number of fused-ring (bicyclic) bond motifs is 2. The first-order chi connectivity index (χ1) is 10.7. The summed E-state index contributed by atoms with van der Waals surface area (Å²) in [5.41, 5.74) is -0.547. The molecule has 2 bridgehead atoms. The van der Waals surface area contributed by atoms with E-state index >= 15 is 0 Å². The molecular formula is C16H21FN2O4. The summed E-state index contributed by atoms with van der Waals surface area (Å²) in [5.74, 6) is -0.132. The van der Waals surface area contributed by atoms with Crippen molar-refractivity contribution in [3.05, 3.63) is 23.9 Å². The number of halogens is 1. The Bertz CT molecular complexity index is 622. The van der Waals surface area contributed by atoms with Crippen LogP contribution < -0.4 is 0 Å². The molecule has 0 aromatic carbocycles. The predicted octanol–water partition coefficient (Wildman–Crippen LogP) is 2.50. The Morgan fingerprint density at radius 1 is 1.26 bits per heavy atom. The zero-order valence-electron chi connectivity index (χ0n) is 13.5. The fraction of sp³-hybridized carbons (Fsp3) is 0.625. The van der Waals surface area contributed by atoms with E-state index in [1.165, 1.54) is 6.07 Å². The van der Waals surface area contributed by atoms with Crippen molar-refractivity contribution in [3.8, 4) is 0 Å². The maximum absolute atomic E-state index is 12.9. The average molecular weight is 324 g/mol. The van der Waals surface area contributed by atoms with E-state index in [1.807, 2.05) is 20.8 Å². The molecule has 3 rings (SSSR count). The summed E-state index contributed by atoms with van der Waals surface area (Å²) in [6, 6.07) is 1.62. The largest absolute Gasteiger partial charge is 0.444 e. The van der Waals surface area contributed by atoms with Gasteiger partial charge in [-0.3, -0.25) is 4.79 Å². The smallest absolute Gasteiger partial charge is 0.410 e. The third-order valence-electron chi connectivity index (χ3n) is 4.11. The Labute approximate surface area is 134 Å². The van der Waals surface area contributed by atoms with Crippen molar-refractivity contribution in [1.82, 2.24) is 9.80 Å². The van der Waals surface area contributed by atoms with Gasteiger partial charge in [0.2, 0.25) is 0 Å². The lowest BCUT2D eigenvalue weighted by Crippen LogP contribution is -2.47. The minimum Gasteiger partial charge on any atom is -0.444 e. The number of carbonyl (C=O) groups is 2. The summed E-state index contributed by atoms with van der Waals surface area (Å²) in [6.07, 6.45) is 0.513. The molecule has 0 N–H and O–H groups in total. The number of nitrogens with zero attached hydrogens (tertiary/aromatic N) is 2. The Balaban J connectivity index is 1.68. The molecule has 6 nitrogen and oxygen atoms in total. The number of piperidine rings is 1. The van der Waals surface area contributed by atoms with Crippen LogP contribution in [0.15, 0.2) is 16.5 Å². The van der Waals surface area contributed by atoms with E-state index < -0.39 is 11.6 Å². The summed E-state index contributed by atoms with van der Waals surface area (Å²) in [4.78, 5) is 28.0. The topological polar surface area (TPSA) is 63.0 Å². The number of hydrogen-bond donors (Lipinski definition) is 0. The van der Waals surface area contributed by atoms with Gasteiger partial charge in [0, 0.05) is 25.7 Å². The predicted molar refractivity (Wildman–Crippen MR) is 79.4 cm³/mol. The molecule has 2 aliphatic heterocycles. The number of likely N-dealkylation sites (tertiary alicyclic amines) is 2. The summed E-state index contributed by atoms with van der Waals surface area (Å²) >= 11 is 0. The highest BCUT2D eigenvalue weighted by Crippen LogP contribution is 2.31. The molecule has 2 aliphatic rings. The molecule has 2 atom stereocenters. The second-order valence-electron chi connectivity index (χ2n) is 7.20. The molecule has 7 heteroatoms. The minimum atomic E-state index is -0.774. The standard InChI is InChI=1S/C16H21FN2O4/c1-16(2,3)23-15(21)19-8-10-6-11(19)9-18(7-10)14(20)12-4-5-13(17)22-12/h4-5,10-11H,6-9H2,1-3H3/t10-,11+/m1/s1. The maximum atomic E-state index is 12.9. The van der Waals surface area contributed by atoms with Crippen molar-refractivity contribution in [3.63, 3.8) is 0 Å². The first-order valence-corrected chi connectivity index (χ1v) is 7.77. The van der Waals surface area contributed by atoms with E-state index in [0.29, 0.717) is 19.6 Å². The molecule has 1 aromatic rings. The van der Waals surface area contributed by atoms with Crippen molar-refractivity contribution in [2.75, 3.05) is 19.6 Å². The summed E-state index contributed by atoms with van der Waals surface area (Å²) in [5, 5.41) is 0. The number of ether oxygens (including phenoxy) is 1. The van der Waals surface area contributed by atoms with Crippen LogP contribution in [0.4, 0.5) is 9.18 Å². The van der Waals surface area contributed by atoms with Gasteiger partial charge in [-0.25, -0.2) is 4.79 Å². The number of hydrogen-bond acceptors (Lipinski definition) is 4. The van der Waals surface area contributed by atoms with Crippen LogP contribution in [0.3, 0.4) is 0 Å². The molecule has 126 valence electrons. The lowest BCUT2D eigenvalue weighted by Gasteiger charge is -2.32. The molecule has 0 radical (unpaired) electrons. The SMILES string of the molecule is CC(C)(C)OC(=O)N1C[C@@H]2C[C@H]1CN(C(=O)c1ccc(F)o1)C2. The highest BCUT2D eigenvalue weighted by Gasteiger charge is 2.44. The number of amides is 2. The minimum absolute atomic E-state index is 0.00684. The van der Waals surface area contributed by atoms with Crippen LogP contribution in [-0.4, -0.2) is 53.1 Å². The third kappa shape index (κ3) is 3.33. The van der Waals surface area contributed by atoms with Crippen molar-refractivity contribution in [2.24, 2.45) is 5.92 Å². The number of carbonyl (C=O) groups excluding carboxylic acids is 2. The first-order valence-electron chi connectivity index (χ1n) is 7.77. The van der Waals surface area contributed by atoms with Gasteiger partial charge in [0.05, 0.1) is 6.04 Å². The van der Waals surface area contributed by atoms with Gasteiger partial charge in [-0.15, -0.1) is 0 Å². The first kappa shape index (κ1) is 15.8. The maximum Gasteiger partial charge on any atom is 0.410 e. The van der Waals surface area contributed by atoms with Gasteiger partial charge in [0.1, 0.15) is 5.60 Å². The van der Waals surface area contributed by atoms with Gasteiger partial charge >= 0.3 is 6.09 Å². The van der Waals surface area contributed by atoms with Crippen LogP contribution in [0, 0.1) is 11.9 Å². The van der Waals surface area contributed by atoms with E-state index in [2.05, 4.69) is 0 Å². The van der Waals surface area contributed by atoms with Gasteiger partial charge in [0.15, 0.2) is 5.76 Å². The number of furan rings is 1. The van der Waals surface area contributed by atoms with Gasteiger partial charge < -0.3 is 19.0 Å². The van der Waals surface area contributed by atoms with Crippen molar-refractivity contribution in [1.29, 1.82) is 0 Å². The van der Waals surface area contributed by atoms with E-state index in [1.54, 1.807) is 9.80 Å². The molecule has 0 unspecified atom stereocenters. The van der Waals surface area contributed by atoms with E-state index in [9.17, 15) is 14.0 Å². The van der Waals surface area contributed by atoms with Crippen LogP contribution >= 0.6 is 0 Å².